The number of nitrogens with one attached hydrogen (secondary N) is 1. The van der Waals surface area contributed by atoms with Gasteiger partial charge in [-0.2, -0.15) is 0 Å². The van der Waals surface area contributed by atoms with Crippen molar-refractivity contribution in [2.75, 3.05) is 21.3 Å². The zero-order valence-corrected chi connectivity index (χ0v) is 10.6. The van der Waals surface area contributed by atoms with E-state index in [0.29, 0.717) is 5.56 Å². The number of carbonyl (C=O) groups is 1. The summed E-state index contributed by atoms with van der Waals surface area (Å²) >= 11 is 0. The first-order valence-electron chi connectivity index (χ1n) is 5.37. The molecule has 18 heavy (non-hydrogen) atoms. The van der Waals surface area contributed by atoms with Crippen molar-refractivity contribution in [2.45, 2.75) is 12.5 Å². The van der Waals surface area contributed by atoms with E-state index in [4.69, 9.17) is 14.6 Å². The predicted octanol–water partition coefficient (Wildman–Crippen LogP) is 0.624. The number of aromatic hydroxyl groups is 1. The van der Waals surface area contributed by atoms with Gasteiger partial charge in [-0.05, 0) is 31.2 Å². The maximum atomic E-state index is 10.9. The molecule has 0 saturated carbocycles. The quantitative estimate of drug-likeness (QED) is 0.691. The molecular formula is C12H17NO5. The summed E-state index contributed by atoms with van der Waals surface area (Å²) in [4.78, 5) is 10.9. The number of aliphatic carboxylic acids is 1. The second-order valence-corrected chi connectivity index (χ2v) is 3.73. The fourth-order valence-corrected chi connectivity index (χ4v) is 1.61. The molecule has 100 valence electrons. The largest absolute Gasteiger partial charge is 0.502 e. The molecule has 3 N–H and O–H groups in total. The van der Waals surface area contributed by atoms with Crippen LogP contribution in [0.25, 0.3) is 0 Å². The molecule has 0 unspecified atom stereocenters. The van der Waals surface area contributed by atoms with Crippen LogP contribution >= 0.6 is 0 Å². The lowest BCUT2D eigenvalue weighted by molar-refractivity contribution is -0.139. The number of phenolic OH excluding ortho intramolecular Hbond substituents is 1. The highest BCUT2D eigenvalue weighted by Gasteiger charge is 2.18. The van der Waals surface area contributed by atoms with Gasteiger partial charge in [-0.25, -0.2) is 0 Å². The first-order chi connectivity index (χ1) is 8.53. The van der Waals surface area contributed by atoms with Crippen LogP contribution < -0.4 is 14.8 Å². The van der Waals surface area contributed by atoms with Gasteiger partial charge >= 0.3 is 5.97 Å². The molecule has 0 aliphatic heterocycles. The summed E-state index contributed by atoms with van der Waals surface area (Å²) < 4.78 is 10.0. The number of likely N-dealkylation sites (N-methyl/N-ethyl adjacent to an activating group) is 1. The van der Waals surface area contributed by atoms with E-state index in [0.717, 1.165) is 0 Å². The molecule has 1 aromatic carbocycles. The number of methoxy groups -OCH3 is 2. The Morgan fingerprint density at radius 1 is 1.33 bits per heavy atom. The summed E-state index contributed by atoms with van der Waals surface area (Å²) in [5.41, 5.74) is 0.697. The Kier molecular flexibility index (Phi) is 4.79. The minimum atomic E-state index is -0.941. The van der Waals surface area contributed by atoms with Crippen LogP contribution in [0.3, 0.4) is 0 Å². The number of carboxylic acid groups (broad SMARTS) is 1. The molecule has 1 rings (SSSR count). The van der Waals surface area contributed by atoms with Gasteiger partial charge < -0.3 is 25.0 Å². The highest BCUT2D eigenvalue weighted by atomic mass is 16.5. The third-order valence-corrected chi connectivity index (χ3v) is 2.63. The van der Waals surface area contributed by atoms with Gasteiger partial charge in [0.15, 0.2) is 11.5 Å². The molecule has 0 spiro atoms. The molecule has 0 aliphatic carbocycles. The van der Waals surface area contributed by atoms with Gasteiger partial charge in [0.1, 0.15) is 6.04 Å². The molecule has 0 aliphatic rings. The molecule has 1 atom stereocenters. The zero-order chi connectivity index (χ0) is 13.7. The summed E-state index contributed by atoms with van der Waals surface area (Å²) in [6, 6.07) is 2.47. The second-order valence-electron chi connectivity index (χ2n) is 3.73. The number of hydrogen-bond acceptors (Lipinski definition) is 5. The Balaban J connectivity index is 3.06. The van der Waals surface area contributed by atoms with E-state index in [1.54, 1.807) is 19.2 Å². The van der Waals surface area contributed by atoms with Crippen LogP contribution in [0.1, 0.15) is 5.56 Å². The van der Waals surface area contributed by atoms with Crippen LogP contribution in [0.4, 0.5) is 0 Å². The number of phenols is 1. The molecule has 6 heteroatoms. The van der Waals surface area contributed by atoms with E-state index in [-0.39, 0.29) is 23.7 Å². The van der Waals surface area contributed by atoms with E-state index in [1.165, 1.54) is 14.2 Å². The summed E-state index contributed by atoms with van der Waals surface area (Å²) in [5, 5.41) is 21.4. The van der Waals surface area contributed by atoms with Crippen LogP contribution in [-0.4, -0.2) is 43.5 Å². The third-order valence-electron chi connectivity index (χ3n) is 2.63. The standard InChI is InChI=1S/C12H17NO5/c1-13-8(12(15)16)4-7-5-9(17-2)11(14)10(6-7)18-3/h5-6,8,13-14H,4H2,1-3H3,(H,15,16)/t8-/m0/s1. The van der Waals surface area contributed by atoms with Gasteiger partial charge in [-0.15, -0.1) is 0 Å². The number of rotatable bonds is 6. The van der Waals surface area contributed by atoms with Crippen molar-refractivity contribution in [1.29, 1.82) is 0 Å². The second kappa shape index (κ2) is 6.11. The Labute approximate surface area is 105 Å². The van der Waals surface area contributed by atoms with Crippen molar-refractivity contribution in [3.63, 3.8) is 0 Å². The number of benzene rings is 1. The van der Waals surface area contributed by atoms with Crippen molar-refractivity contribution in [1.82, 2.24) is 5.32 Å². The maximum absolute atomic E-state index is 10.9. The predicted molar refractivity (Wildman–Crippen MR) is 65.4 cm³/mol. The van der Waals surface area contributed by atoms with Crippen LogP contribution in [0.2, 0.25) is 0 Å². The molecule has 0 amide bonds. The first-order valence-corrected chi connectivity index (χ1v) is 5.37. The SMILES string of the molecule is CN[C@@H](Cc1cc(OC)c(O)c(OC)c1)C(=O)O. The third kappa shape index (κ3) is 3.04. The van der Waals surface area contributed by atoms with Gasteiger partial charge in [0.25, 0.3) is 0 Å². The minimum absolute atomic E-state index is 0.0971. The summed E-state index contributed by atoms with van der Waals surface area (Å²) in [6.07, 6.45) is 0.263. The molecule has 0 aromatic heterocycles. The first kappa shape index (κ1) is 14.1. The van der Waals surface area contributed by atoms with Crippen LogP contribution in [0, 0.1) is 0 Å². The highest BCUT2D eigenvalue weighted by molar-refractivity contribution is 5.74. The Hall–Kier alpha value is -1.95. The van der Waals surface area contributed by atoms with E-state index >= 15 is 0 Å². The Morgan fingerprint density at radius 3 is 2.17 bits per heavy atom. The molecule has 6 nitrogen and oxygen atoms in total. The lowest BCUT2D eigenvalue weighted by atomic mass is 10.0. The average Bonchev–Trinajstić information content (AvgIpc) is 2.36. The fraction of sp³-hybridized carbons (Fsp3) is 0.417. The van der Waals surface area contributed by atoms with Crippen molar-refractivity contribution in [2.24, 2.45) is 0 Å². The van der Waals surface area contributed by atoms with Gasteiger partial charge in [-0.3, -0.25) is 4.79 Å². The van der Waals surface area contributed by atoms with Gasteiger partial charge in [0, 0.05) is 0 Å². The number of ether oxygens (including phenoxy) is 2. The lowest BCUT2D eigenvalue weighted by Gasteiger charge is -2.14. The van der Waals surface area contributed by atoms with Crippen molar-refractivity contribution in [3.8, 4) is 17.2 Å². The molecular weight excluding hydrogens is 238 g/mol. The molecule has 0 bridgehead atoms. The Morgan fingerprint density at radius 2 is 1.83 bits per heavy atom. The van der Waals surface area contributed by atoms with E-state index < -0.39 is 12.0 Å². The minimum Gasteiger partial charge on any atom is -0.502 e. The topological polar surface area (TPSA) is 88.0 Å². The molecule has 0 heterocycles. The van der Waals surface area contributed by atoms with Crippen LogP contribution in [0.5, 0.6) is 17.2 Å². The Bertz CT molecular complexity index is 407. The summed E-state index contributed by atoms with van der Waals surface area (Å²) in [6.45, 7) is 0. The highest BCUT2D eigenvalue weighted by Crippen LogP contribution is 2.37. The number of hydrogen-bond donors (Lipinski definition) is 3. The lowest BCUT2D eigenvalue weighted by Crippen LogP contribution is -2.35. The molecule has 0 radical (unpaired) electrons. The normalized spacial score (nSPS) is 11.9. The van der Waals surface area contributed by atoms with Gasteiger partial charge in [0.2, 0.25) is 5.75 Å². The van der Waals surface area contributed by atoms with Crippen LogP contribution in [-0.2, 0) is 11.2 Å². The van der Waals surface area contributed by atoms with E-state index in [9.17, 15) is 9.90 Å². The van der Waals surface area contributed by atoms with Crippen molar-refractivity contribution >= 4 is 5.97 Å². The van der Waals surface area contributed by atoms with Gasteiger partial charge in [0.05, 0.1) is 14.2 Å². The monoisotopic (exact) mass is 255 g/mol. The zero-order valence-electron chi connectivity index (χ0n) is 10.6. The summed E-state index contributed by atoms with van der Waals surface area (Å²) in [5.74, 6) is -0.530. The fourth-order valence-electron chi connectivity index (χ4n) is 1.61. The van der Waals surface area contributed by atoms with Gasteiger partial charge in [-0.1, -0.05) is 0 Å². The van der Waals surface area contributed by atoms with Crippen LogP contribution in [0.15, 0.2) is 12.1 Å². The molecule has 0 saturated heterocycles. The van der Waals surface area contributed by atoms with Crippen molar-refractivity contribution in [3.05, 3.63) is 17.7 Å². The van der Waals surface area contributed by atoms with E-state index in [1.807, 2.05) is 0 Å². The van der Waals surface area contributed by atoms with E-state index in [2.05, 4.69) is 5.32 Å². The van der Waals surface area contributed by atoms with Crippen molar-refractivity contribution < 1.29 is 24.5 Å². The smallest absolute Gasteiger partial charge is 0.321 e. The molecule has 1 aromatic rings. The summed E-state index contributed by atoms with van der Waals surface area (Å²) in [7, 11) is 4.42. The number of carboxylic acids is 1. The average molecular weight is 255 g/mol. The maximum Gasteiger partial charge on any atom is 0.321 e. The molecule has 0 fully saturated rings.